The summed E-state index contributed by atoms with van der Waals surface area (Å²) in [6, 6.07) is 3.13. The molecule has 2 aromatic heterocycles. The lowest BCUT2D eigenvalue weighted by molar-refractivity contribution is -0.140. The summed E-state index contributed by atoms with van der Waals surface area (Å²) in [7, 11) is 0. The van der Waals surface area contributed by atoms with Gasteiger partial charge in [-0.05, 0) is 31.0 Å². The molecule has 1 aliphatic rings. The number of hydrogen-bond acceptors (Lipinski definition) is 4. The van der Waals surface area contributed by atoms with E-state index in [0.29, 0.717) is 16.5 Å². The average Bonchev–Trinajstić information content (AvgIpc) is 3.07. The van der Waals surface area contributed by atoms with E-state index >= 15 is 0 Å². The van der Waals surface area contributed by atoms with Crippen LogP contribution in [0.4, 0.5) is 27.9 Å². The number of benzene rings is 1. The van der Waals surface area contributed by atoms with Crippen LogP contribution in [0.15, 0.2) is 18.3 Å². The normalized spacial score (nSPS) is 18.6. The van der Waals surface area contributed by atoms with Gasteiger partial charge in [-0.1, -0.05) is 6.07 Å². The maximum absolute atomic E-state index is 13.6. The lowest BCUT2D eigenvalue weighted by atomic mass is 10.0. The Morgan fingerprint density at radius 3 is 2.38 bits per heavy atom. The van der Waals surface area contributed by atoms with Crippen LogP contribution in [-0.2, 0) is 6.18 Å². The number of alkyl halides is 5. The van der Waals surface area contributed by atoms with Crippen molar-refractivity contribution < 1.29 is 22.0 Å². The highest BCUT2D eigenvalue weighted by Crippen LogP contribution is 2.36. The van der Waals surface area contributed by atoms with E-state index in [0.717, 1.165) is 11.8 Å². The van der Waals surface area contributed by atoms with Crippen LogP contribution < -0.4 is 10.6 Å². The summed E-state index contributed by atoms with van der Waals surface area (Å²) in [4.78, 5) is 9.99. The monoisotopic (exact) mass is 413 g/mol. The quantitative estimate of drug-likeness (QED) is 0.630. The number of anilines is 1. The molecule has 29 heavy (non-hydrogen) atoms. The molecule has 1 fully saturated rings. The summed E-state index contributed by atoms with van der Waals surface area (Å²) >= 11 is 0. The standard InChI is InChI=1S/C19H20F5N5/c1-10-7-12(11(2)25)15-13(8-10)16-26-14(19(22,23)24)9-29(16)17(27-15)28-5-3-18(20,21)4-6-28/h7-9,11H,3-6,25H2,1-2H3/t11-/m1/s1. The molecule has 10 heteroatoms. The van der Waals surface area contributed by atoms with Crippen LogP contribution in [0.3, 0.4) is 0 Å². The van der Waals surface area contributed by atoms with Gasteiger partial charge in [0.2, 0.25) is 5.95 Å². The second kappa shape index (κ2) is 6.51. The largest absolute Gasteiger partial charge is 0.434 e. The zero-order chi connectivity index (χ0) is 21.1. The summed E-state index contributed by atoms with van der Waals surface area (Å²) in [5.41, 5.74) is 7.02. The van der Waals surface area contributed by atoms with Gasteiger partial charge in [-0.2, -0.15) is 13.2 Å². The van der Waals surface area contributed by atoms with Crippen molar-refractivity contribution in [3.05, 3.63) is 35.2 Å². The Morgan fingerprint density at radius 2 is 1.79 bits per heavy atom. The number of nitrogens with two attached hydrogens (primary N) is 1. The minimum Gasteiger partial charge on any atom is -0.341 e. The van der Waals surface area contributed by atoms with Crippen molar-refractivity contribution in [2.75, 3.05) is 18.0 Å². The minimum absolute atomic E-state index is 0.0144. The van der Waals surface area contributed by atoms with Crippen molar-refractivity contribution in [1.29, 1.82) is 0 Å². The molecule has 0 saturated carbocycles. The Balaban J connectivity index is 2.01. The molecule has 5 nitrogen and oxygen atoms in total. The third kappa shape index (κ3) is 3.50. The van der Waals surface area contributed by atoms with Crippen molar-refractivity contribution >= 4 is 22.5 Å². The zero-order valence-electron chi connectivity index (χ0n) is 15.9. The number of aromatic nitrogens is 3. The molecule has 4 rings (SSSR count). The van der Waals surface area contributed by atoms with Gasteiger partial charge in [-0.3, -0.25) is 4.40 Å². The number of hydrogen-bond donors (Lipinski definition) is 1. The third-order valence-electron chi connectivity index (χ3n) is 5.22. The predicted octanol–water partition coefficient (Wildman–Crippen LogP) is 4.46. The molecule has 1 aliphatic heterocycles. The number of halogens is 5. The van der Waals surface area contributed by atoms with E-state index in [1.54, 1.807) is 17.9 Å². The van der Waals surface area contributed by atoms with Crippen LogP contribution in [0.5, 0.6) is 0 Å². The molecule has 1 saturated heterocycles. The molecular formula is C19H20F5N5. The number of nitrogens with zero attached hydrogens (tertiary/aromatic N) is 4. The maximum Gasteiger partial charge on any atom is 0.434 e. The van der Waals surface area contributed by atoms with Crippen molar-refractivity contribution in [2.24, 2.45) is 5.73 Å². The Labute approximate surface area is 163 Å². The van der Waals surface area contributed by atoms with Crippen LogP contribution in [0.25, 0.3) is 16.6 Å². The van der Waals surface area contributed by atoms with E-state index in [1.807, 2.05) is 13.0 Å². The van der Waals surface area contributed by atoms with E-state index in [1.165, 1.54) is 4.40 Å². The summed E-state index contributed by atoms with van der Waals surface area (Å²) in [6.07, 6.45) is -4.54. The van der Waals surface area contributed by atoms with Crippen LogP contribution in [0.1, 0.15) is 42.6 Å². The molecule has 0 bridgehead atoms. The molecule has 156 valence electrons. The van der Waals surface area contributed by atoms with Gasteiger partial charge in [0.25, 0.3) is 5.92 Å². The van der Waals surface area contributed by atoms with Crippen molar-refractivity contribution in [1.82, 2.24) is 14.4 Å². The molecular weight excluding hydrogens is 393 g/mol. The van der Waals surface area contributed by atoms with Crippen molar-refractivity contribution in [3.63, 3.8) is 0 Å². The number of aryl methyl sites for hydroxylation is 1. The van der Waals surface area contributed by atoms with Gasteiger partial charge in [0, 0.05) is 43.6 Å². The molecule has 3 heterocycles. The summed E-state index contributed by atoms with van der Waals surface area (Å²) in [5, 5.41) is 0.443. The molecule has 0 aliphatic carbocycles. The summed E-state index contributed by atoms with van der Waals surface area (Å²) in [6.45, 7) is 3.54. The first-order valence-corrected chi connectivity index (χ1v) is 9.25. The van der Waals surface area contributed by atoms with Gasteiger partial charge in [-0.25, -0.2) is 18.7 Å². The van der Waals surface area contributed by atoms with Crippen LogP contribution in [-0.4, -0.2) is 33.4 Å². The van der Waals surface area contributed by atoms with E-state index < -0.39 is 23.8 Å². The lowest BCUT2D eigenvalue weighted by Crippen LogP contribution is -2.40. The fourth-order valence-electron chi connectivity index (χ4n) is 3.72. The molecule has 0 unspecified atom stereocenters. The Bertz CT molecular complexity index is 1080. The highest BCUT2D eigenvalue weighted by atomic mass is 19.4. The topological polar surface area (TPSA) is 59.5 Å². The van der Waals surface area contributed by atoms with Gasteiger partial charge in [-0.15, -0.1) is 0 Å². The van der Waals surface area contributed by atoms with Crippen LogP contribution >= 0.6 is 0 Å². The first-order chi connectivity index (χ1) is 13.5. The Morgan fingerprint density at radius 1 is 1.14 bits per heavy atom. The zero-order valence-corrected chi connectivity index (χ0v) is 15.9. The summed E-state index contributed by atoms with van der Waals surface area (Å²) in [5.74, 6) is -2.62. The van der Waals surface area contributed by atoms with E-state index in [4.69, 9.17) is 5.73 Å². The molecule has 0 amide bonds. The van der Waals surface area contributed by atoms with E-state index in [9.17, 15) is 22.0 Å². The fraction of sp³-hybridized carbons (Fsp3) is 0.474. The van der Waals surface area contributed by atoms with Gasteiger partial charge in [0.1, 0.15) is 5.65 Å². The van der Waals surface area contributed by atoms with Gasteiger partial charge >= 0.3 is 6.18 Å². The smallest absolute Gasteiger partial charge is 0.341 e. The Hall–Kier alpha value is -2.49. The van der Waals surface area contributed by atoms with Gasteiger partial charge < -0.3 is 10.6 Å². The molecule has 3 aromatic rings. The van der Waals surface area contributed by atoms with Gasteiger partial charge in [0.05, 0.1) is 5.52 Å². The average molecular weight is 413 g/mol. The van der Waals surface area contributed by atoms with E-state index in [2.05, 4.69) is 9.97 Å². The summed E-state index contributed by atoms with van der Waals surface area (Å²) < 4.78 is 68.5. The van der Waals surface area contributed by atoms with Crippen molar-refractivity contribution in [3.8, 4) is 0 Å². The third-order valence-corrected chi connectivity index (χ3v) is 5.22. The number of piperidine rings is 1. The maximum atomic E-state index is 13.6. The van der Waals surface area contributed by atoms with E-state index in [-0.39, 0.29) is 37.5 Å². The molecule has 1 atom stereocenters. The second-order valence-corrected chi connectivity index (χ2v) is 7.61. The highest BCUT2D eigenvalue weighted by molar-refractivity contribution is 5.95. The number of imidazole rings is 1. The molecule has 0 spiro atoms. The highest BCUT2D eigenvalue weighted by Gasteiger charge is 2.37. The second-order valence-electron chi connectivity index (χ2n) is 7.61. The SMILES string of the molecule is Cc1cc([C@@H](C)N)c2nc(N3CCC(F)(F)CC3)n3cc(C(F)(F)F)nc3c2c1. The predicted molar refractivity (Wildman–Crippen MR) is 99.2 cm³/mol. The van der Waals surface area contributed by atoms with Crippen LogP contribution in [0, 0.1) is 6.92 Å². The molecule has 1 aromatic carbocycles. The fourth-order valence-corrected chi connectivity index (χ4v) is 3.72. The molecule has 0 radical (unpaired) electrons. The lowest BCUT2D eigenvalue weighted by Gasteiger charge is -2.33. The number of fused-ring (bicyclic) bond motifs is 3. The Kier molecular flexibility index (Phi) is 4.45. The van der Waals surface area contributed by atoms with Crippen molar-refractivity contribution in [2.45, 2.75) is 44.8 Å². The first kappa shape index (κ1) is 19.8. The van der Waals surface area contributed by atoms with Gasteiger partial charge in [0.15, 0.2) is 5.69 Å². The molecule has 2 N–H and O–H groups in total. The van der Waals surface area contributed by atoms with Crippen LogP contribution in [0.2, 0.25) is 0 Å². The first-order valence-electron chi connectivity index (χ1n) is 9.25. The number of rotatable bonds is 2. The minimum atomic E-state index is -4.64.